The lowest BCUT2D eigenvalue weighted by molar-refractivity contribution is -0.131. The Bertz CT molecular complexity index is 717. The van der Waals surface area contributed by atoms with Crippen molar-refractivity contribution in [2.24, 2.45) is 0 Å². The van der Waals surface area contributed by atoms with Crippen LogP contribution in [0.5, 0.6) is 0 Å². The summed E-state index contributed by atoms with van der Waals surface area (Å²) in [5, 5.41) is 0.926. The lowest BCUT2D eigenvalue weighted by Crippen LogP contribution is -2.55. The predicted octanol–water partition coefficient (Wildman–Crippen LogP) is 2.32. The summed E-state index contributed by atoms with van der Waals surface area (Å²) < 4.78 is 5.57. The maximum atomic E-state index is 12.9. The van der Waals surface area contributed by atoms with Crippen LogP contribution in [-0.4, -0.2) is 90.0 Å². The van der Waals surface area contributed by atoms with E-state index in [1.807, 2.05) is 30.7 Å². The molecule has 2 saturated heterocycles. The van der Waals surface area contributed by atoms with Gasteiger partial charge >= 0.3 is 0 Å². The van der Waals surface area contributed by atoms with Crippen LogP contribution in [0, 0.1) is 13.8 Å². The van der Waals surface area contributed by atoms with E-state index in [1.165, 1.54) is 11.3 Å². The van der Waals surface area contributed by atoms with E-state index in [2.05, 4.69) is 9.88 Å². The molecule has 3 heterocycles. The van der Waals surface area contributed by atoms with Crippen LogP contribution in [0.2, 0.25) is 0 Å². The number of rotatable bonds is 6. The topological polar surface area (TPSA) is 66.0 Å². The van der Waals surface area contributed by atoms with E-state index < -0.39 is 0 Å². The molecule has 2 fully saturated rings. The fourth-order valence-electron chi connectivity index (χ4n) is 4.46. The Morgan fingerprint density at radius 3 is 2.52 bits per heavy atom. The number of nitrogens with zero attached hydrogens (tertiary/aromatic N) is 4. The number of hydrogen-bond donors (Lipinski definition) is 0. The first kappa shape index (κ1) is 22.2. The monoisotopic (exact) mass is 422 g/mol. The quantitative estimate of drug-likeness (QED) is 0.704. The van der Waals surface area contributed by atoms with Crippen molar-refractivity contribution in [1.82, 2.24) is 19.7 Å². The van der Waals surface area contributed by atoms with Gasteiger partial charge in [-0.05, 0) is 39.5 Å². The largest absolute Gasteiger partial charge is 0.381 e. The SMILES string of the molecule is CC(=O)N1CCCC(N(CCN(C)C(=O)c2sc(C)nc2C)C2CCOCC2)C1. The minimum absolute atomic E-state index is 0.0500. The van der Waals surface area contributed by atoms with E-state index in [0.29, 0.717) is 18.6 Å². The number of thiazole rings is 1. The van der Waals surface area contributed by atoms with Gasteiger partial charge in [0.2, 0.25) is 5.91 Å². The lowest BCUT2D eigenvalue weighted by atomic mass is 9.98. The summed E-state index contributed by atoms with van der Waals surface area (Å²) in [7, 11) is 1.88. The van der Waals surface area contributed by atoms with Crippen molar-refractivity contribution in [2.45, 2.75) is 58.5 Å². The fourth-order valence-corrected chi connectivity index (χ4v) is 5.38. The summed E-state index contributed by atoms with van der Waals surface area (Å²) in [5.74, 6) is 0.207. The zero-order valence-corrected chi connectivity index (χ0v) is 19.0. The molecule has 3 rings (SSSR count). The van der Waals surface area contributed by atoms with Gasteiger partial charge < -0.3 is 14.5 Å². The highest BCUT2D eigenvalue weighted by Gasteiger charge is 2.32. The van der Waals surface area contributed by atoms with Crippen molar-refractivity contribution < 1.29 is 14.3 Å². The van der Waals surface area contributed by atoms with Crippen molar-refractivity contribution in [3.63, 3.8) is 0 Å². The van der Waals surface area contributed by atoms with Gasteiger partial charge in [-0.3, -0.25) is 14.5 Å². The minimum Gasteiger partial charge on any atom is -0.381 e. The third kappa shape index (κ3) is 5.55. The van der Waals surface area contributed by atoms with Gasteiger partial charge in [-0.25, -0.2) is 4.98 Å². The summed E-state index contributed by atoms with van der Waals surface area (Å²) in [6.45, 7) is 10.2. The van der Waals surface area contributed by atoms with Crippen LogP contribution in [0.25, 0.3) is 0 Å². The van der Waals surface area contributed by atoms with Crippen LogP contribution in [0.15, 0.2) is 0 Å². The van der Waals surface area contributed by atoms with E-state index in [0.717, 1.165) is 74.1 Å². The van der Waals surface area contributed by atoms with Crippen LogP contribution in [-0.2, 0) is 9.53 Å². The Balaban J connectivity index is 1.67. The molecule has 1 atom stereocenters. The Hall–Kier alpha value is -1.51. The normalized spacial score (nSPS) is 20.9. The van der Waals surface area contributed by atoms with Crippen LogP contribution in [0.1, 0.15) is 53.0 Å². The summed E-state index contributed by atoms with van der Waals surface area (Å²) in [5.41, 5.74) is 0.815. The van der Waals surface area contributed by atoms with Gasteiger partial charge in [0.1, 0.15) is 4.88 Å². The summed E-state index contributed by atoms with van der Waals surface area (Å²) in [4.78, 5) is 36.3. The van der Waals surface area contributed by atoms with Crippen molar-refractivity contribution >= 4 is 23.2 Å². The maximum Gasteiger partial charge on any atom is 0.265 e. The van der Waals surface area contributed by atoms with Crippen molar-refractivity contribution in [3.8, 4) is 0 Å². The average Bonchev–Trinajstić information content (AvgIpc) is 3.06. The number of hydrogen-bond acceptors (Lipinski definition) is 6. The first-order valence-electron chi connectivity index (χ1n) is 10.6. The second-order valence-corrected chi connectivity index (χ2v) is 9.42. The average molecular weight is 423 g/mol. The molecule has 162 valence electrons. The van der Waals surface area contributed by atoms with Gasteiger partial charge in [0.15, 0.2) is 0 Å². The third-order valence-corrected chi connectivity index (χ3v) is 7.17. The summed E-state index contributed by atoms with van der Waals surface area (Å²) in [6.07, 6.45) is 4.17. The highest BCUT2D eigenvalue weighted by Crippen LogP contribution is 2.24. The van der Waals surface area contributed by atoms with Crippen LogP contribution < -0.4 is 0 Å². The number of likely N-dealkylation sites (N-methyl/N-ethyl adjacent to an activating group) is 1. The fraction of sp³-hybridized carbons (Fsp3) is 0.762. The minimum atomic E-state index is 0.0500. The molecule has 1 unspecified atom stereocenters. The molecule has 2 aliphatic rings. The highest BCUT2D eigenvalue weighted by atomic mass is 32.1. The second kappa shape index (κ2) is 10.00. The third-order valence-electron chi connectivity index (χ3n) is 6.11. The van der Waals surface area contributed by atoms with E-state index in [1.54, 1.807) is 6.92 Å². The van der Waals surface area contributed by atoms with Crippen molar-refractivity contribution in [2.75, 3.05) is 46.4 Å². The number of aryl methyl sites for hydroxylation is 2. The van der Waals surface area contributed by atoms with E-state index in [9.17, 15) is 9.59 Å². The number of carbonyl (C=O) groups excluding carboxylic acids is 2. The molecule has 1 aromatic rings. The Labute approximate surface area is 178 Å². The van der Waals surface area contributed by atoms with Gasteiger partial charge in [-0.2, -0.15) is 0 Å². The summed E-state index contributed by atoms with van der Waals surface area (Å²) in [6, 6.07) is 0.809. The Morgan fingerprint density at radius 1 is 1.17 bits per heavy atom. The number of piperidine rings is 1. The summed E-state index contributed by atoms with van der Waals surface area (Å²) >= 11 is 1.47. The number of ether oxygens (including phenoxy) is 1. The number of aromatic nitrogens is 1. The first-order valence-corrected chi connectivity index (χ1v) is 11.5. The molecule has 0 bridgehead atoms. The number of amides is 2. The molecule has 2 amide bonds. The van der Waals surface area contributed by atoms with Crippen LogP contribution >= 0.6 is 11.3 Å². The number of likely N-dealkylation sites (tertiary alicyclic amines) is 1. The van der Waals surface area contributed by atoms with Gasteiger partial charge in [0.25, 0.3) is 5.91 Å². The molecule has 0 spiro atoms. The van der Waals surface area contributed by atoms with Crippen LogP contribution in [0.3, 0.4) is 0 Å². The molecule has 0 saturated carbocycles. The maximum absolute atomic E-state index is 12.9. The highest BCUT2D eigenvalue weighted by molar-refractivity contribution is 7.13. The Kier molecular flexibility index (Phi) is 7.65. The molecule has 0 aliphatic carbocycles. The zero-order chi connectivity index (χ0) is 21.0. The molecule has 8 heteroatoms. The molecular weight excluding hydrogens is 388 g/mol. The molecule has 0 N–H and O–H groups in total. The lowest BCUT2D eigenvalue weighted by Gasteiger charge is -2.44. The molecule has 0 radical (unpaired) electrons. The Morgan fingerprint density at radius 2 is 1.90 bits per heavy atom. The predicted molar refractivity (Wildman–Crippen MR) is 114 cm³/mol. The first-order chi connectivity index (χ1) is 13.9. The van der Waals surface area contributed by atoms with Crippen molar-refractivity contribution in [3.05, 3.63) is 15.6 Å². The van der Waals surface area contributed by atoms with Crippen LogP contribution in [0.4, 0.5) is 0 Å². The van der Waals surface area contributed by atoms with Crippen molar-refractivity contribution in [1.29, 1.82) is 0 Å². The molecule has 29 heavy (non-hydrogen) atoms. The van der Waals surface area contributed by atoms with Gasteiger partial charge in [0, 0.05) is 65.4 Å². The molecule has 0 aromatic carbocycles. The molecular formula is C21H34N4O3S. The van der Waals surface area contributed by atoms with E-state index >= 15 is 0 Å². The zero-order valence-electron chi connectivity index (χ0n) is 18.1. The van der Waals surface area contributed by atoms with E-state index in [4.69, 9.17) is 4.74 Å². The van der Waals surface area contributed by atoms with E-state index in [-0.39, 0.29) is 11.8 Å². The number of carbonyl (C=O) groups is 2. The van der Waals surface area contributed by atoms with Gasteiger partial charge in [0.05, 0.1) is 10.7 Å². The second-order valence-electron chi connectivity index (χ2n) is 8.22. The van der Waals surface area contributed by atoms with Gasteiger partial charge in [-0.15, -0.1) is 11.3 Å². The smallest absolute Gasteiger partial charge is 0.265 e. The molecule has 2 aliphatic heterocycles. The molecule has 7 nitrogen and oxygen atoms in total. The van der Waals surface area contributed by atoms with Gasteiger partial charge in [-0.1, -0.05) is 0 Å². The standard InChI is InChI=1S/C21H34N4O3S/c1-15-20(29-16(2)22-15)21(27)23(4)10-11-25(18-7-12-28-13-8-18)19-6-5-9-24(14-19)17(3)26/h18-19H,5-14H2,1-4H3. The molecule has 1 aromatic heterocycles.